The van der Waals surface area contributed by atoms with Crippen LogP contribution < -0.4 is 0 Å². The molecule has 0 saturated carbocycles. The van der Waals surface area contributed by atoms with Gasteiger partial charge in [0.05, 0.1) is 31.3 Å². The minimum atomic E-state index is -3.92. The van der Waals surface area contributed by atoms with Crippen molar-refractivity contribution in [3.8, 4) is 0 Å². The van der Waals surface area contributed by atoms with Crippen LogP contribution in [0.3, 0.4) is 0 Å². The predicted octanol–water partition coefficient (Wildman–Crippen LogP) is -0.417. The molecule has 0 aliphatic rings. The topological polar surface area (TPSA) is 83.5 Å². The lowest BCUT2D eigenvalue weighted by atomic mass is 10.5. The average molecular weight is 253 g/mol. The fourth-order valence-electron chi connectivity index (χ4n) is 0.479. The molecule has 0 amide bonds. The molecule has 0 aromatic rings. The molecule has 0 unspecified atom stereocenters. The number of ether oxygens (including phenoxy) is 1. The number of hydrogen-bond donors (Lipinski definition) is 0. The van der Waals surface area contributed by atoms with Gasteiger partial charge in [-0.2, -0.15) is 0 Å². The third-order valence-electron chi connectivity index (χ3n) is 1.17. The number of quaternary nitrogens is 1. The van der Waals surface area contributed by atoms with E-state index in [0.717, 1.165) is 11.0 Å². The van der Waals surface area contributed by atoms with E-state index < -0.39 is 10.1 Å². The van der Waals surface area contributed by atoms with Crippen molar-refractivity contribution >= 4 is 16.1 Å². The van der Waals surface area contributed by atoms with Crippen LogP contribution in [0.1, 0.15) is 0 Å². The number of likely N-dealkylation sites (N-methyl/N-ethyl adjacent to an activating group) is 1. The van der Waals surface area contributed by atoms with Crippen molar-refractivity contribution in [2.24, 2.45) is 0 Å². The van der Waals surface area contributed by atoms with Crippen LogP contribution in [0.25, 0.3) is 0 Å². The van der Waals surface area contributed by atoms with Crippen LogP contribution in [0.2, 0.25) is 0 Å². The summed E-state index contributed by atoms with van der Waals surface area (Å²) >= 11 is 0. The summed E-state index contributed by atoms with van der Waals surface area (Å²) in [6.45, 7) is 4.57. The molecule has 0 saturated heterocycles. The molecule has 0 fully saturated rings. The van der Waals surface area contributed by atoms with E-state index in [4.69, 9.17) is 17.7 Å². The van der Waals surface area contributed by atoms with Gasteiger partial charge in [0, 0.05) is 12.3 Å². The van der Waals surface area contributed by atoms with Crippen molar-refractivity contribution < 1.29 is 27.0 Å². The van der Waals surface area contributed by atoms with Crippen LogP contribution in [-0.2, 0) is 19.6 Å². The standard InChI is InChI=1S/C8H16NO2.CH4O3S/c1-5-8(10)11-7-6-9(2,3)4;1-5(2,3)4/h5H,1,6-7H2,2-4H3;1H3,(H,2,3,4)/q+1;/p-1. The number of carbonyl (C=O) groups excluding carboxylic acids is 1. The highest BCUT2D eigenvalue weighted by atomic mass is 32.2. The minimum absolute atomic E-state index is 0.349. The largest absolute Gasteiger partial charge is 0.748 e. The third kappa shape index (κ3) is 29.2. The molecule has 0 rings (SSSR count). The van der Waals surface area contributed by atoms with E-state index in [2.05, 4.69) is 6.58 Å². The van der Waals surface area contributed by atoms with Crippen LogP contribution in [0.15, 0.2) is 12.7 Å². The number of carbonyl (C=O) groups is 1. The zero-order chi connectivity index (χ0) is 13.4. The van der Waals surface area contributed by atoms with Gasteiger partial charge >= 0.3 is 5.97 Å². The minimum Gasteiger partial charge on any atom is -0.748 e. The molecular weight excluding hydrogens is 234 g/mol. The Morgan fingerprint density at radius 1 is 1.44 bits per heavy atom. The second-order valence-electron chi connectivity index (χ2n) is 4.09. The molecule has 0 aliphatic heterocycles. The van der Waals surface area contributed by atoms with Gasteiger partial charge in [0.15, 0.2) is 0 Å². The smallest absolute Gasteiger partial charge is 0.330 e. The highest BCUT2D eigenvalue weighted by molar-refractivity contribution is 7.84. The summed E-state index contributed by atoms with van der Waals surface area (Å²) in [5, 5.41) is 0. The Balaban J connectivity index is 0. The quantitative estimate of drug-likeness (QED) is 0.294. The lowest BCUT2D eigenvalue weighted by Gasteiger charge is -2.23. The summed E-state index contributed by atoms with van der Waals surface area (Å²) in [4.78, 5) is 10.6. The lowest BCUT2D eigenvalue weighted by Crippen LogP contribution is -2.37. The SMILES string of the molecule is C=CC(=O)OCC[N+](C)(C)C.CS(=O)(=O)[O-]. The van der Waals surface area contributed by atoms with E-state index >= 15 is 0 Å². The maximum Gasteiger partial charge on any atom is 0.330 e. The first kappa shape index (κ1) is 17.5. The Kier molecular flexibility index (Phi) is 8.05. The van der Waals surface area contributed by atoms with Gasteiger partial charge in [-0.3, -0.25) is 0 Å². The number of hydrogen-bond acceptors (Lipinski definition) is 5. The second kappa shape index (κ2) is 7.37. The maximum atomic E-state index is 10.6. The number of nitrogens with zero attached hydrogens (tertiary/aromatic N) is 1. The molecule has 16 heavy (non-hydrogen) atoms. The summed E-state index contributed by atoms with van der Waals surface area (Å²) in [6.07, 6.45) is 1.78. The van der Waals surface area contributed by atoms with E-state index in [0.29, 0.717) is 12.9 Å². The van der Waals surface area contributed by atoms with E-state index in [1.165, 1.54) is 6.08 Å². The molecule has 6 nitrogen and oxygen atoms in total. The summed E-state index contributed by atoms with van der Waals surface area (Å²) < 4.78 is 32.8. The Hall–Kier alpha value is -0.920. The molecule has 0 bridgehead atoms. The van der Waals surface area contributed by atoms with Crippen LogP contribution >= 0.6 is 0 Å². The predicted molar refractivity (Wildman–Crippen MR) is 59.7 cm³/mol. The fourth-order valence-corrected chi connectivity index (χ4v) is 0.479. The molecule has 0 atom stereocenters. The molecule has 0 N–H and O–H groups in total. The van der Waals surface area contributed by atoms with Crippen LogP contribution in [0.4, 0.5) is 0 Å². The van der Waals surface area contributed by atoms with Crippen LogP contribution in [0.5, 0.6) is 0 Å². The van der Waals surface area contributed by atoms with Gasteiger partial charge in [-0.15, -0.1) is 0 Å². The molecule has 0 spiro atoms. The summed E-state index contributed by atoms with van der Waals surface area (Å²) in [7, 11) is 2.21. The molecular formula is C9H19NO5S. The maximum absolute atomic E-state index is 10.6. The fraction of sp³-hybridized carbons (Fsp3) is 0.667. The first-order chi connectivity index (χ1) is 6.95. The molecule has 0 radical (unpaired) electrons. The van der Waals surface area contributed by atoms with Gasteiger partial charge in [0.1, 0.15) is 13.2 Å². The van der Waals surface area contributed by atoms with Gasteiger partial charge in [0.25, 0.3) is 0 Å². The van der Waals surface area contributed by atoms with Crippen molar-refractivity contribution in [2.75, 3.05) is 40.6 Å². The summed E-state index contributed by atoms with van der Waals surface area (Å²) in [5.74, 6) is -0.349. The second-order valence-corrected chi connectivity index (χ2v) is 5.50. The first-order valence-corrected chi connectivity index (χ1v) is 6.28. The molecule has 7 heteroatoms. The molecule has 96 valence electrons. The first-order valence-electron chi connectivity index (χ1n) is 4.46. The van der Waals surface area contributed by atoms with E-state index in [1.807, 2.05) is 21.1 Å². The van der Waals surface area contributed by atoms with Crippen molar-refractivity contribution in [1.29, 1.82) is 0 Å². The Labute approximate surface area is 96.8 Å². The zero-order valence-electron chi connectivity index (χ0n) is 10.1. The monoisotopic (exact) mass is 253 g/mol. The molecule has 0 heterocycles. The Morgan fingerprint density at radius 3 is 2.06 bits per heavy atom. The molecule has 0 aromatic heterocycles. The van der Waals surface area contributed by atoms with Crippen molar-refractivity contribution in [2.45, 2.75) is 0 Å². The van der Waals surface area contributed by atoms with E-state index in [-0.39, 0.29) is 5.97 Å². The van der Waals surface area contributed by atoms with Crippen LogP contribution in [-0.4, -0.2) is 64.0 Å². The van der Waals surface area contributed by atoms with Crippen molar-refractivity contribution in [3.05, 3.63) is 12.7 Å². The van der Waals surface area contributed by atoms with Crippen molar-refractivity contribution in [1.82, 2.24) is 0 Å². The van der Waals surface area contributed by atoms with E-state index in [9.17, 15) is 4.79 Å². The number of rotatable bonds is 4. The van der Waals surface area contributed by atoms with Gasteiger partial charge in [0.2, 0.25) is 0 Å². The Bertz CT molecular complexity index is 307. The average Bonchev–Trinajstić information content (AvgIpc) is 1.98. The highest BCUT2D eigenvalue weighted by Crippen LogP contribution is 1.89. The lowest BCUT2D eigenvalue weighted by molar-refractivity contribution is -0.870. The van der Waals surface area contributed by atoms with Gasteiger partial charge in [-0.1, -0.05) is 6.58 Å². The van der Waals surface area contributed by atoms with E-state index in [1.54, 1.807) is 0 Å². The van der Waals surface area contributed by atoms with Gasteiger partial charge in [-0.05, 0) is 0 Å². The van der Waals surface area contributed by atoms with Gasteiger partial charge < -0.3 is 13.8 Å². The van der Waals surface area contributed by atoms with Gasteiger partial charge in [-0.25, -0.2) is 13.2 Å². The van der Waals surface area contributed by atoms with Crippen LogP contribution in [0, 0.1) is 0 Å². The zero-order valence-corrected chi connectivity index (χ0v) is 10.9. The summed E-state index contributed by atoms with van der Waals surface area (Å²) in [6, 6.07) is 0. The molecule has 0 aliphatic carbocycles. The highest BCUT2D eigenvalue weighted by Gasteiger charge is 2.06. The molecule has 0 aromatic carbocycles. The summed E-state index contributed by atoms with van der Waals surface area (Å²) in [5.41, 5.74) is 0. The third-order valence-corrected chi connectivity index (χ3v) is 1.17. The normalized spacial score (nSPS) is 11.1. The number of esters is 1. The van der Waals surface area contributed by atoms with Crippen molar-refractivity contribution in [3.63, 3.8) is 0 Å². The Morgan fingerprint density at radius 2 is 1.81 bits per heavy atom.